The second kappa shape index (κ2) is 12.8. The van der Waals surface area contributed by atoms with Crippen LogP contribution in [-0.2, 0) is 19.1 Å². The molecule has 0 unspecified atom stereocenters. The van der Waals surface area contributed by atoms with Crippen molar-refractivity contribution < 1.29 is 33.8 Å². The molecule has 11 heteroatoms. The largest absolute Gasteiger partial charge is 0.508 e. The summed E-state index contributed by atoms with van der Waals surface area (Å²) in [5.41, 5.74) is -0.274. The van der Waals surface area contributed by atoms with Crippen LogP contribution in [0.2, 0.25) is 0 Å². The summed E-state index contributed by atoms with van der Waals surface area (Å²) in [7, 11) is 3.28. The standard InChI is InChI=1S/C26H38N4O7/c1-18-24(34)29(2)10-4-5-11-30(25(35)26(7-8-26)17-36-3)12-6-9-27-23(33)19-13-20(31)15-21(14-19)37-16-22(32)28-18/h13-15,18,31H,4-12,16-17H2,1-3H3,(H,27,33)(H,28,32)/t18-/m0/s1. The third kappa shape index (κ3) is 7.82. The molecule has 1 heterocycles. The van der Waals surface area contributed by atoms with Gasteiger partial charge in [0.15, 0.2) is 6.61 Å². The highest BCUT2D eigenvalue weighted by molar-refractivity contribution is 5.95. The van der Waals surface area contributed by atoms with Crippen molar-refractivity contribution in [3.63, 3.8) is 0 Å². The van der Waals surface area contributed by atoms with Crippen LogP contribution in [0.1, 0.15) is 49.4 Å². The number of amides is 4. The fraction of sp³-hybridized carbons (Fsp3) is 0.615. The van der Waals surface area contributed by atoms with Crippen LogP contribution in [0.25, 0.3) is 0 Å². The van der Waals surface area contributed by atoms with Crippen LogP contribution in [-0.4, -0.2) is 98.1 Å². The molecule has 0 radical (unpaired) electrons. The molecular weight excluding hydrogens is 480 g/mol. The second-order valence-corrected chi connectivity index (χ2v) is 9.88. The van der Waals surface area contributed by atoms with E-state index < -0.39 is 23.3 Å². The predicted octanol–water partition coefficient (Wildman–Crippen LogP) is 0.903. The molecule has 1 saturated carbocycles. The van der Waals surface area contributed by atoms with Gasteiger partial charge in [-0.1, -0.05) is 0 Å². The van der Waals surface area contributed by atoms with Crippen LogP contribution in [0.4, 0.5) is 0 Å². The number of hydrogen-bond acceptors (Lipinski definition) is 7. The van der Waals surface area contributed by atoms with E-state index in [9.17, 15) is 24.3 Å². The van der Waals surface area contributed by atoms with E-state index in [4.69, 9.17) is 9.47 Å². The minimum absolute atomic E-state index is 0.0679. The van der Waals surface area contributed by atoms with Crippen molar-refractivity contribution in [2.75, 3.05) is 53.6 Å². The van der Waals surface area contributed by atoms with Gasteiger partial charge in [0.2, 0.25) is 11.8 Å². The number of nitrogens with zero attached hydrogens (tertiary/aromatic N) is 2. The summed E-state index contributed by atoms with van der Waals surface area (Å²) in [6, 6.07) is 3.29. The molecule has 0 saturated heterocycles. The summed E-state index contributed by atoms with van der Waals surface area (Å²) in [6.45, 7) is 3.47. The van der Waals surface area contributed by atoms with Gasteiger partial charge in [-0.2, -0.15) is 0 Å². The average Bonchev–Trinajstić information content (AvgIpc) is 3.65. The molecule has 37 heavy (non-hydrogen) atoms. The second-order valence-electron chi connectivity index (χ2n) is 9.88. The van der Waals surface area contributed by atoms with Crippen LogP contribution in [0, 0.1) is 5.41 Å². The SMILES string of the molecule is COCC1(C(=O)N2CCCCN(C)C(=O)[C@H](C)NC(=O)COc3cc(O)cc(c3)C(=O)NCCC2)CC1. The van der Waals surface area contributed by atoms with E-state index >= 15 is 0 Å². The minimum Gasteiger partial charge on any atom is -0.508 e. The van der Waals surface area contributed by atoms with Gasteiger partial charge in [-0.15, -0.1) is 0 Å². The molecule has 1 aromatic carbocycles. The Balaban J connectivity index is 1.73. The van der Waals surface area contributed by atoms with E-state index in [-0.39, 0.29) is 35.5 Å². The summed E-state index contributed by atoms with van der Waals surface area (Å²) in [6.07, 6.45) is 3.56. The number of carbonyl (C=O) groups excluding carboxylic acids is 4. The van der Waals surface area contributed by atoms with Gasteiger partial charge in [0.1, 0.15) is 17.5 Å². The molecular formula is C26H38N4O7. The number of hydrogen-bond donors (Lipinski definition) is 3. The predicted molar refractivity (Wildman–Crippen MR) is 135 cm³/mol. The molecule has 2 aliphatic rings. The number of ether oxygens (including phenoxy) is 2. The normalized spacial score (nSPS) is 21.9. The van der Waals surface area contributed by atoms with Crippen molar-refractivity contribution in [2.24, 2.45) is 5.41 Å². The van der Waals surface area contributed by atoms with Gasteiger partial charge < -0.3 is 35.0 Å². The number of phenolic OH excluding ortho intramolecular Hbond substituents is 1. The highest BCUT2D eigenvalue weighted by atomic mass is 16.5. The smallest absolute Gasteiger partial charge is 0.258 e. The number of aromatic hydroxyl groups is 1. The fourth-order valence-electron chi connectivity index (χ4n) is 4.46. The van der Waals surface area contributed by atoms with Crippen molar-refractivity contribution in [3.8, 4) is 11.5 Å². The lowest BCUT2D eigenvalue weighted by Gasteiger charge is -2.28. The van der Waals surface area contributed by atoms with Gasteiger partial charge >= 0.3 is 0 Å². The Morgan fingerprint density at radius 3 is 2.54 bits per heavy atom. The molecule has 1 aliphatic heterocycles. The van der Waals surface area contributed by atoms with Gasteiger partial charge in [-0.05, 0) is 51.2 Å². The van der Waals surface area contributed by atoms with Gasteiger partial charge in [0.25, 0.3) is 11.8 Å². The van der Waals surface area contributed by atoms with Crippen LogP contribution in [0.15, 0.2) is 18.2 Å². The monoisotopic (exact) mass is 518 g/mol. The van der Waals surface area contributed by atoms with Crippen molar-refractivity contribution in [1.82, 2.24) is 20.4 Å². The molecule has 0 aromatic heterocycles. The van der Waals surface area contributed by atoms with Crippen LogP contribution >= 0.6 is 0 Å². The zero-order valence-corrected chi connectivity index (χ0v) is 21.9. The Morgan fingerprint density at radius 1 is 1.14 bits per heavy atom. The molecule has 1 fully saturated rings. The highest BCUT2D eigenvalue weighted by Crippen LogP contribution is 2.47. The molecule has 3 rings (SSSR count). The summed E-state index contributed by atoms with van der Waals surface area (Å²) >= 11 is 0. The number of likely N-dealkylation sites (N-methyl/N-ethyl adjacent to an activating group) is 1. The first-order chi connectivity index (χ1) is 17.6. The van der Waals surface area contributed by atoms with Crippen molar-refractivity contribution in [2.45, 2.75) is 45.1 Å². The van der Waals surface area contributed by atoms with Gasteiger partial charge in [0.05, 0.1) is 12.0 Å². The summed E-state index contributed by atoms with van der Waals surface area (Å²) in [5.74, 6) is -1.10. The fourth-order valence-corrected chi connectivity index (χ4v) is 4.46. The van der Waals surface area contributed by atoms with Crippen molar-refractivity contribution >= 4 is 23.6 Å². The number of phenols is 1. The number of nitrogens with one attached hydrogen (secondary N) is 2. The molecule has 0 spiro atoms. The first-order valence-corrected chi connectivity index (χ1v) is 12.7. The third-order valence-corrected chi connectivity index (χ3v) is 6.72. The summed E-state index contributed by atoms with van der Waals surface area (Å²) < 4.78 is 10.7. The number of carbonyl (C=O) groups is 4. The molecule has 1 atom stereocenters. The zero-order chi connectivity index (χ0) is 27.0. The van der Waals surface area contributed by atoms with E-state index in [1.807, 2.05) is 4.90 Å². The Labute approximate surface area is 217 Å². The first-order valence-electron chi connectivity index (χ1n) is 12.7. The van der Waals surface area contributed by atoms with Gasteiger partial charge in [0, 0.05) is 52.0 Å². The van der Waals surface area contributed by atoms with Crippen LogP contribution in [0.3, 0.4) is 0 Å². The van der Waals surface area contributed by atoms with Crippen LogP contribution in [0.5, 0.6) is 11.5 Å². The van der Waals surface area contributed by atoms with E-state index in [1.54, 1.807) is 26.0 Å². The van der Waals surface area contributed by atoms with Gasteiger partial charge in [-0.3, -0.25) is 19.2 Å². The molecule has 11 nitrogen and oxygen atoms in total. The maximum atomic E-state index is 13.3. The highest BCUT2D eigenvalue weighted by Gasteiger charge is 2.51. The Bertz CT molecular complexity index is 995. The van der Waals surface area contributed by atoms with E-state index in [0.29, 0.717) is 52.0 Å². The van der Waals surface area contributed by atoms with Crippen molar-refractivity contribution in [3.05, 3.63) is 23.8 Å². The number of rotatable bonds is 3. The molecule has 1 aromatic rings. The zero-order valence-electron chi connectivity index (χ0n) is 21.9. The van der Waals surface area contributed by atoms with E-state index in [2.05, 4.69) is 10.6 Å². The number of fused-ring (bicyclic) bond motifs is 2. The van der Waals surface area contributed by atoms with E-state index in [0.717, 1.165) is 12.8 Å². The molecule has 2 bridgehead atoms. The summed E-state index contributed by atoms with van der Waals surface area (Å²) in [4.78, 5) is 54.3. The maximum Gasteiger partial charge on any atom is 0.258 e. The molecule has 3 N–H and O–H groups in total. The number of methoxy groups -OCH3 is 1. The third-order valence-electron chi connectivity index (χ3n) is 6.72. The Kier molecular flexibility index (Phi) is 9.73. The first kappa shape index (κ1) is 28.2. The van der Waals surface area contributed by atoms with Gasteiger partial charge in [-0.25, -0.2) is 0 Å². The summed E-state index contributed by atoms with van der Waals surface area (Å²) in [5, 5.41) is 15.4. The lowest BCUT2D eigenvalue weighted by atomic mass is 10.1. The topological polar surface area (TPSA) is 138 Å². The minimum atomic E-state index is -0.751. The quantitative estimate of drug-likeness (QED) is 0.541. The number of benzene rings is 1. The molecule has 4 amide bonds. The van der Waals surface area contributed by atoms with Crippen LogP contribution < -0.4 is 15.4 Å². The molecule has 1 aliphatic carbocycles. The maximum absolute atomic E-state index is 13.3. The molecule has 204 valence electrons. The van der Waals surface area contributed by atoms with Crippen molar-refractivity contribution in [1.29, 1.82) is 0 Å². The lowest BCUT2D eigenvalue weighted by Crippen LogP contribution is -2.47. The Hall–Kier alpha value is -3.34. The lowest BCUT2D eigenvalue weighted by molar-refractivity contribution is -0.139. The Morgan fingerprint density at radius 2 is 1.84 bits per heavy atom. The average molecular weight is 519 g/mol. The van der Waals surface area contributed by atoms with E-state index in [1.165, 1.54) is 18.2 Å².